The van der Waals surface area contributed by atoms with Crippen molar-refractivity contribution in [3.63, 3.8) is 0 Å². The third-order valence-corrected chi connectivity index (χ3v) is 4.35. The van der Waals surface area contributed by atoms with Crippen LogP contribution >= 0.6 is 25.3 Å². The van der Waals surface area contributed by atoms with E-state index < -0.39 is 66.2 Å². The Morgan fingerprint density at radius 3 is 1.79 bits per heavy atom. The largest absolute Gasteiger partial charge is 0.481 e. The maximum Gasteiger partial charge on any atom is 0.327 e. The molecule has 0 bridgehead atoms. The molecule has 0 saturated heterocycles. The van der Waals surface area contributed by atoms with Gasteiger partial charge in [-0.25, -0.2) is 4.79 Å². The van der Waals surface area contributed by atoms with E-state index in [1.165, 1.54) is 0 Å². The van der Waals surface area contributed by atoms with Crippen LogP contribution in [0, 0.1) is 5.92 Å². The van der Waals surface area contributed by atoms with Crippen molar-refractivity contribution in [2.24, 2.45) is 11.7 Å². The molecule has 0 aromatic rings. The molecule has 28 heavy (non-hydrogen) atoms. The van der Waals surface area contributed by atoms with Crippen LogP contribution in [0.4, 0.5) is 0 Å². The van der Waals surface area contributed by atoms with Crippen LogP contribution in [0.3, 0.4) is 0 Å². The van der Waals surface area contributed by atoms with E-state index in [1.54, 1.807) is 13.8 Å². The summed E-state index contributed by atoms with van der Waals surface area (Å²) in [5.74, 6) is -5.78. The van der Waals surface area contributed by atoms with Crippen molar-refractivity contribution in [3.05, 3.63) is 0 Å². The van der Waals surface area contributed by atoms with E-state index in [-0.39, 0.29) is 11.5 Å². The molecule has 160 valence electrons. The normalized spacial score (nSPS) is 15.1. The summed E-state index contributed by atoms with van der Waals surface area (Å²) in [5.41, 5.74) is 5.50. The summed E-state index contributed by atoms with van der Waals surface area (Å²) in [6.07, 6.45) is -0.738. The molecule has 7 N–H and O–H groups in total. The number of carboxylic acid groups (broad SMARTS) is 2. The fraction of sp³-hybridized carbons (Fsp3) is 0.667. The van der Waals surface area contributed by atoms with E-state index in [1.807, 2.05) is 0 Å². The van der Waals surface area contributed by atoms with Gasteiger partial charge in [0.25, 0.3) is 0 Å². The lowest BCUT2D eigenvalue weighted by molar-refractivity contribution is -0.143. The van der Waals surface area contributed by atoms with Crippen LogP contribution in [0.1, 0.15) is 20.3 Å². The van der Waals surface area contributed by atoms with Gasteiger partial charge in [0.2, 0.25) is 17.7 Å². The quantitative estimate of drug-likeness (QED) is 0.158. The Bertz CT molecular complexity index is 603. The first kappa shape index (κ1) is 26.0. The Morgan fingerprint density at radius 1 is 0.857 bits per heavy atom. The summed E-state index contributed by atoms with van der Waals surface area (Å²) in [5, 5.41) is 24.8. The molecule has 0 heterocycles. The molecule has 3 amide bonds. The molecule has 0 radical (unpaired) electrons. The average molecular weight is 439 g/mol. The lowest BCUT2D eigenvalue weighted by atomic mass is 10.0. The molecule has 4 atom stereocenters. The van der Waals surface area contributed by atoms with E-state index in [9.17, 15) is 24.0 Å². The zero-order valence-electron chi connectivity index (χ0n) is 15.4. The number of rotatable bonds is 12. The SMILES string of the molecule is CC(C)C(NC(=O)C(CC(=O)O)NC(=O)C(N)CS)C(=O)NC(CS)C(=O)O. The van der Waals surface area contributed by atoms with E-state index in [0.29, 0.717) is 0 Å². The number of aliphatic carboxylic acids is 2. The first-order valence-electron chi connectivity index (χ1n) is 8.27. The van der Waals surface area contributed by atoms with E-state index in [4.69, 9.17) is 15.9 Å². The third-order valence-electron chi connectivity index (χ3n) is 3.59. The number of carboxylic acids is 2. The Labute approximate surface area is 173 Å². The minimum Gasteiger partial charge on any atom is -0.481 e. The Kier molecular flexibility index (Phi) is 11.6. The highest BCUT2D eigenvalue weighted by atomic mass is 32.1. The zero-order chi connectivity index (χ0) is 22.0. The molecular formula is C15H26N4O7S2. The van der Waals surface area contributed by atoms with Gasteiger partial charge < -0.3 is 31.9 Å². The molecule has 0 aromatic carbocycles. The number of hydrogen-bond donors (Lipinski definition) is 8. The molecule has 0 saturated carbocycles. The first-order chi connectivity index (χ1) is 12.9. The number of amides is 3. The average Bonchev–Trinajstić information content (AvgIpc) is 2.61. The highest BCUT2D eigenvalue weighted by molar-refractivity contribution is 7.80. The summed E-state index contributed by atoms with van der Waals surface area (Å²) >= 11 is 7.70. The van der Waals surface area contributed by atoms with Crippen molar-refractivity contribution in [2.75, 3.05) is 11.5 Å². The Morgan fingerprint density at radius 2 is 1.39 bits per heavy atom. The molecule has 4 unspecified atom stereocenters. The molecule has 0 fully saturated rings. The van der Waals surface area contributed by atoms with E-state index >= 15 is 0 Å². The number of hydrogen-bond acceptors (Lipinski definition) is 8. The molecule has 0 rings (SSSR count). The zero-order valence-corrected chi connectivity index (χ0v) is 17.2. The second-order valence-corrected chi connectivity index (χ2v) is 6.99. The Hall–Kier alpha value is -1.99. The molecular weight excluding hydrogens is 412 g/mol. The van der Waals surface area contributed by atoms with Gasteiger partial charge in [-0.2, -0.15) is 25.3 Å². The maximum atomic E-state index is 12.5. The number of carbonyl (C=O) groups is 5. The van der Waals surface area contributed by atoms with Gasteiger partial charge in [-0.1, -0.05) is 13.8 Å². The van der Waals surface area contributed by atoms with Gasteiger partial charge in [0.1, 0.15) is 18.1 Å². The van der Waals surface area contributed by atoms with Crippen LogP contribution in [0.2, 0.25) is 0 Å². The summed E-state index contributed by atoms with van der Waals surface area (Å²) in [6, 6.07) is -4.97. The fourth-order valence-corrected chi connectivity index (χ4v) is 2.39. The molecule has 0 spiro atoms. The van der Waals surface area contributed by atoms with Crippen molar-refractivity contribution in [1.82, 2.24) is 16.0 Å². The van der Waals surface area contributed by atoms with Gasteiger partial charge in [-0.3, -0.25) is 19.2 Å². The highest BCUT2D eigenvalue weighted by Gasteiger charge is 2.32. The van der Waals surface area contributed by atoms with Crippen molar-refractivity contribution in [2.45, 2.75) is 44.4 Å². The number of nitrogens with one attached hydrogen (secondary N) is 3. The standard InChI is InChI=1S/C15H26N4O7S2/c1-6(2)11(14(24)18-9(5-28)15(25)26)19-13(23)8(3-10(20)21)17-12(22)7(16)4-27/h6-9,11,27-28H,3-5,16H2,1-2H3,(H,17,22)(H,18,24)(H,19,23)(H,20,21)(H,25,26). The molecule has 0 aliphatic carbocycles. The maximum absolute atomic E-state index is 12.5. The molecule has 11 nitrogen and oxygen atoms in total. The molecule has 13 heteroatoms. The molecule has 0 aromatic heterocycles. The second-order valence-electron chi connectivity index (χ2n) is 6.26. The van der Waals surface area contributed by atoms with E-state index in [2.05, 4.69) is 41.2 Å². The van der Waals surface area contributed by atoms with Gasteiger partial charge in [0, 0.05) is 11.5 Å². The molecule has 0 aliphatic rings. The van der Waals surface area contributed by atoms with Gasteiger partial charge in [0.05, 0.1) is 12.5 Å². The van der Waals surface area contributed by atoms with Crippen LogP contribution in [0.25, 0.3) is 0 Å². The van der Waals surface area contributed by atoms with Crippen LogP contribution in [0.5, 0.6) is 0 Å². The number of nitrogens with two attached hydrogens (primary N) is 1. The minimum absolute atomic E-state index is 0.0232. The second kappa shape index (κ2) is 12.5. The van der Waals surface area contributed by atoms with Crippen LogP contribution in [-0.4, -0.2) is 75.5 Å². The van der Waals surface area contributed by atoms with Gasteiger partial charge in [0.15, 0.2) is 0 Å². The monoisotopic (exact) mass is 438 g/mol. The van der Waals surface area contributed by atoms with Gasteiger partial charge in [-0.05, 0) is 5.92 Å². The van der Waals surface area contributed by atoms with Crippen LogP contribution < -0.4 is 21.7 Å². The van der Waals surface area contributed by atoms with Gasteiger partial charge >= 0.3 is 11.9 Å². The lowest BCUT2D eigenvalue weighted by Gasteiger charge is -2.26. The summed E-state index contributed by atoms with van der Waals surface area (Å²) < 4.78 is 0. The van der Waals surface area contributed by atoms with Crippen molar-refractivity contribution in [1.29, 1.82) is 0 Å². The predicted molar refractivity (Wildman–Crippen MR) is 106 cm³/mol. The highest BCUT2D eigenvalue weighted by Crippen LogP contribution is 2.05. The number of carbonyl (C=O) groups excluding carboxylic acids is 3. The van der Waals surface area contributed by atoms with Crippen LogP contribution in [0.15, 0.2) is 0 Å². The summed E-state index contributed by atoms with van der Waals surface area (Å²) in [6.45, 7) is 3.20. The van der Waals surface area contributed by atoms with Crippen molar-refractivity contribution >= 4 is 54.9 Å². The fourth-order valence-electron chi connectivity index (χ4n) is 1.98. The third kappa shape index (κ3) is 8.80. The number of thiol groups is 2. The van der Waals surface area contributed by atoms with E-state index in [0.717, 1.165) is 0 Å². The summed E-state index contributed by atoms with van der Waals surface area (Å²) in [7, 11) is 0. The van der Waals surface area contributed by atoms with Crippen molar-refractivity contribution in [3.8, 4) is 0 Å². The summed E-state index contributed by atoms with van der Waals surface area (Å²) in [4.78, 5) is 58.8. The smallest absolute Gasteiger partial charge is 0.327 e. The predicted octanol–water partition coefficient (Wildman–Crippen LogP) is -2.16. The minimum atomic E-state index is -1.48. The van der Waals surface area contributed by atoms with Gasteiger partial charge in [-0.15, -0.1) is 0 Å². The van der Waals surface area contributed by atoms with Crippen LogP contribution in [-0.2, 0) is 24.0 Å². The lowest BCUT2D eigenvalue weighted by Crippen LogP contribution is -2.59. The molecule has 0 aliphatic heterocycles. The van der Waals surface area contributed by atoms with Crippen molar-refractivity contribution < 1.29 is 34.2 Å². The topological polar surface area (TPSA) is 188 Å². The first-order valence-corrected chi connectivity index (χ1v) is 9.54. The Balaban J connectivity index is 5.32.